The zero-order chi connectivity index (χ0) is 14.8. The van der Waals surface area contributed by atoms with Gasteiger partial charge in [-0.2, -0.15) is 5.26 Å². The minimum atomic E-state index is 0.351. The molecule has 0 spiro atoms. The molecule has 108 valence electrons. The van der Waals surface area contributed by atoms with Gasteiger partial charge in [0.15, 0.2) is 5.82 Å². The number of hydrogen-bond donors (Lipinski definition) is 1. The monoisotopic (exact) mass is 283 g/mol. The molecule has 0 radical (unpaired) electrons. The smallest absolute Gasteiger partial charge is 0.171 e. The number of nitrogens with zero attached hydrogens (tertiary/aromatic N) is 4. The Morgan fingerprint density at radius 1 is 1.29 bits per heavy atom. The van der Waals surface area contributed by atoms with Crippen LogP contribution in [-0.2, 0) is 0 Å². The number of rotatable bonds is 3. The summed E-state index contributed by atoms with van der Waals surface area (Å²) in [6.45, 7) is 1.83. The van der Waals surface area contributed by atoms with Gasteiger partial charge in [0, 0.05) is 13.1 Å². The van der Waals surface area contributed by atoms with Crippen LogP contribution in [0.3, 0.4) is 0 Å². The van der Waals surface area contributed by atoms with Crippen LogP contribution in [0.1, 0.15) is 18.4 Å². The number of para-hydroxylation sites is 2. The molecule has 0 aliphatic carbocycles. The molecule has 2 heterocycles. The van der Waals surface area contributed by atoms with E-state index in [2.05, 4.69) is 16.1 Å². The Balaban J connectivity index is 2.13. The molecule has 1 aromatic heterocycles. The van der Waals surface area contributed by atoms with Crippen molar-refractivity contribution in [3.63, 3.8) is 0 Å². The molecule has 1 fully saturated rings. The van der Waals surface area contributed by atoms with Crippen molar-refractivity contribution in [3.8, 4) is 17.5 Å². The molecule has 1 aliphatic rings. The van der Waals surface area contributed by atoms with Crippen LogP contribution in [0.2, 0.25) is 0 Å². The maximum absolute atomic E-state index is 9.41. The third kappa shape index (κ3) is 2.17. The average Bonchev–Trinajstić information content (AvgIpc) is 3.14. The highest BCUT2D eigenvalue weighted by atomic mass is 16.5. The van der Waals surface area contributed by atoms with Gasteiger partial charge in [-0.05, 0) is 25.0 Å². The first-order valence-electron chi connectivity index (χ1n) is 6.93. The summed E-state index contributed by atoms with van der Waals surface area (Å²) in [5, 5.41) is 14.0. The van der Waals surface area contributed by atoms with E-state index in [4.69, 9.17) is 10.5 Å². The SMILES string of the molecule is COc1ccccc1-n1nc(N2CCCC2)c(C#N)c1N. The Kier molecular flexibility index (Phi) is 3.40. The number of hydrogen-bond acceptors (Lipinski definition) is 5. The lowest BCUT2D eigenvalue weighted by Crippen LogP contribution is -2.19. The van der Waals surface area contributed by atoms with Gasteiger partial charge in [-0.3, -0.25) is 0 Å². The maximum Gasteiger partial charge on any atom is 0.171 e. The Morgan fingerprint density at radius 2 is 2.00 bits per heavy atom. The molecule has 2 aromatic rings. The summed E-state index contributed by atoms with van der Waals surface area (Å²) in [5.74, 6) is 1.69. The quantitative estimate of drug-likeness (QED) is 0.931. The zero-order valence-electron chi connectivity index (χ0n) is 11.9. The van der Waals surface area contributed by atoms with Gasteiger partial charge >= 0.3 is 0 Å². The van der Waals surface area contributed by atoms with E-state index in [1.807, 2.05) is 24.3 Å². The number of aromatic nitrogens is 2. The number of benzene rings is 1. The zero-order valence-corrected chi connectivity index (χ0v) is 11.9. The number of nitrogens with two attached hydrogens (primary N) is 1. The second-order valence-electron chi connectivity index (χ2n) is 4.97. The second-order valence-corrected chi connectivity index (χ2v) is 4.97. The fraction of sp³-hybridized carbons (Fsp3) is 0.333. The number of nitriles is 1. The van der Waals surface area contributed by atoms with Crippen molar-refractivity contribution in [3.05, 3.63) is 29.8 Å². The van der Waals surface area contributed by atoms with E-state index < -0.39 is 0 Å². The third-order valence-electron chi connectivity index (χ3n) is 3.73. The van der Waals surface area contributed by atoms with Crippen molar-refractivity contribution < 1.29 is 4.74 Å². The van der Waals surface area contributed by atoms with E-state index in [-0.39, 0.29) is 0 Å². The lowest BCUT2D eigenvalue weighted by atomic mass is 10.3. The van der Waals surface area contributed by atoms with Crippen LogP contribution in [0.15, 0.2) is 24.3 Å². The van der Waals surface area contributed by atoms with Crippen LogP contribution in [0.25, 0.3) is 5.69 Å². The van der Waals surface area contributed by atoms with E-state index in [0.29, 0.717) is 22.9 Å². The van der Waals surface area contributed by atoms with Crippen molar-refractivity contribution in [2.24, 2.45) is 0 Å². The average molecular weight is 283 g/mol. The standard InChI is InChI=1S/C15H17N5O/c1-21-13-7-3-2-6-12(13)20-14(17)11(10-16)15(18-20)19-8-4-5-9-19/h2-3,6-7H,4-5,8-9,17H2,1H3. The molecule has 1 aromatic carbocycles. The molecule has 0 saturated carbocycles. The molecule has 21 heavy (non-hydrogen) atoms. The van der Waals surface area contributed by atoms with E-state index in [1.165, 1.54) is 0 Å². The number of methoxy groups -OCH3 is 1. The Labute approximate surface area is 123 Å². The van der Waals surface area contributed by atoms with Gasteiger partial charge in [0.1, 0.15) is 28.9 Å². The number of anilines is 2. The molecular weight excluding hydrogens is 266 g/mol. The van der Waals surface area contributed by atoms with E-state index in [1.54, 1.807) is 11.8 Å². The maximum atomic E-state index is 9.41. The van der Waals surface area contributed by atoms with Gasteiger partial charge in [0.25, 0.3) is 0 Å². The fourth-order valence-corrected chi connectivity index (χ4v) is 2.66. The summed E-state index contributed by atoms with van der Waals surface area (Å²) >= 11 is 0. The summed E-state index contributed by atoms with van der Waals surface area (Å²) in [7, 11) is 1.60. The van der Waals surface area contributed by atoms with Gasteiger partial charge in [-0.25, -0.2) is 4.68 Å². The van der Waals surface area contributed by atoms with E-state index in [9.17, 15) is 5.26 Å². The predicted molar refractivity (Wildman–Crippen MR) is 80.7 cm³/mol. The number of ether oxygens (including phenoxy) is 1. The molecular formula is C15H17N5O. The summed E-state index contributed by atoms with van der Waals surface area (Å²) in [6.07, 6.45) is 2.23. The number of nitrogen functional groups attached to an aromatic ring is 1. The Hall–Kier alpha value is -2.68. The molecule has 6 heteroatoms. The summed E-state index contributed by atoms with van der Waals surface area (Å²) < 4.78 is 6.94. The first-order chi connectivity index (χ1) is 10.3. The van der Waals surface area contributed by atoms with Gasteiger partial charge in [-0.1, -0.05) is 12.1 Å². The molecule has 0 bridgehead atoms. The minimum Gasteiger partial charge on any atom is -0.494 e. The Morgan fingerprint density at radius 3 is 2.67 bits per heavy atom. The largest absolute Gasteiger partial charge is 0.494 e. The highest BCUT2D eigenvalue weighted by Crippen LogP contribution is 2.32. The lowest BCUT2D eigenvalue weighted by molar-refractivity contribution is 0.412. The van der Waals surface area contributed by atoms with Crippen LogP contribution in [-0.4, -0.2) is 30.0 Å². The van der Waals surface area contributed by atoms with Crippen molar-refractivity contribution in [1.29, 1.82) is 5.26 Å². The van der Waals surface area contributed by atoms with Crippen LogP contribution < -0.4 is 15.4 Å². The van der Waals surface area contributed by atoms with Crippen molar-refractivity contribution in [2.45, 2.75) is 12.8 Å². The van der Waals surface area contributed by atoms with Crippen LogP contribution in [0.4, 0.5) is 11.6 Å². The van der Waals surface area contributed by atoms with Crippen molar-refractivity contribution in [2.75, 3.05) is 30.8 Å². The van der Waals surface area contributed by atoms with Gasteiger partial charge in [-0.15, -0.1) is 5.10 Å². The first kappa shape index (κ1) is 13.3. The molecule has 1 saturated heterocycles. The minimum absolute atomic E-state index is 0.351. The van der Waals surface area contributed by atoms with Gasteiger partial charge < -0.3 is 15.4 Å². The normalized spacial score (nSPS) is 14.2. The van der Waals surface area contributed by atoms with Crippen LogP contribution >= 0.6 is 0 Å². The molecule has 0 unspecified atom stereocenters. The van der Waals surface area contributed by atoms with Crippen molar-refractivity contribution in [1.82, 2.24) is 9.78 Å². The van der Waals surface area contributed by atoms with Crippen LogP contribution in [0.5, 0.6) is 5.75 Å². The second kappa shape index (κ2) is 5.37. The molecule has 0 atom stereocenters. The van der Waals surface area contributed by atoms with Gasteiger partial charge in [0.2, 0.25) is 0 Å². The van der Waals surface area contributed by atoms with E-state index in [0.717, 1.165) is 31.6 Å². The summed E-state index contributed by atoms with van der Waals surface area (Å²) in [5.41, 5.74) is 7.30. The Bertz CT molecular complexity index is 695. The van der Waals surface area contributed by atoms with Crippen LogP contribution in [0, 0.1) is 11.3 Å². The molecule has 0 amide bonds. The predicted octanol–water partition coefficient (Wildman–Crippen LogP) is 1.93. The highest BCUT2D eigenvalue weighted by Gasteiger charge is 2.24. The molecule has 3 rings (SSSR count). The topological polar surface area (TPSA) is 80.1 Å². The lowest BCUT2D eigenvalue weighted by Gasteiger charge is -2.13. The summed E-state index contributed by atoms with van der Waals surface area (Å²) in [6, 6.07) is 9.67. The highest BCUT2D eigenvalue weighted by molar-refractivity contribution is 5.68. The molecule has 1 aliphatic heterocycles. The van der Waals surface area contributed by atoms with Crippen molar-refractivity contribution >= 4 is 11.6 Å². The molecule has 2 N–H and O–H groups in total. The fourth-order valence-electron chi connectivity index (χ4n) is 2.66. The molecule has 6 nitrogen and oxygen atoms in total. The first-order valence-corrected chi connectivity index (χ1v) is 6.93. The third-order valence-corrected chi connectivity index (χ3v) is 3.73. The summed E-state index contributed by atoms with van der Waals surface area (Å²) in [4.78, 5) is 2.11. The van der Waals surface area contributed by atoms with Gasteiger partial charge in [0.05, 0.1) is 7.11 Å². The van der Waals surface area contributed by atoms with E-state index >= 15 is 0 Å².